The van der Waals surface area contributed by atoms with Gasteiger partial charge in [-0.25, -0.2) is 4.79 Å². The van der Waals surface area contributed by atoms with E-state index in [2.05, 4.69) is 15.9 Å². The fourth-order valence-corrected chi connectivity index (χ4v) is 2.91. The number of pyridine rings is 1. The number of nitrogens with zero attached hydrogens (tertiary/aromatic N) is 1. The van der Waals surface area contributed by atoms with E-state index in [1.54, 1.807) is 30.3 Å². The lowest BCUT2D eigenvalue weighted by molar-refractivity contribution is 0.0696. The van der Waals surface area contributed by atoms with Crippen molar-refractivity contribution in [3.63, 3.8) is 0 Å². The molecule has 0 aliphatic rings. The van der Waals surface area contributed by atoms with Gasteiger partial charge in [-0.15, -0.1) is 0 Å². The lowest BCUT2D eigenvalue weighted by Crippen LogP contribution is -2.21. The summed E-state index contributed by atoms with van der Waals surface area (Å²) in [6.07, 6.45) is 2.24. The molecule has 6 heteroatoms. The van der Waals surface area contributed by atoms with E-state index in [1.807, 2.05) is 0 Å². The Balaban J connectivity index is 2.08. The first kappa shape index (κ1) is 16.1. The lowest BCUT2D eigenvalue weighted by atomic mass is 10.1. The predicted octanol–water partition coefficient (Wildman–Crippen LogP) is 3.32. The van der Waals surface area contributed by atoms with Gasteiger partial charge in [-0.3, -0.25) is 9.59 Å². The SMILES string of the molecule is O=Cc1cn(Cc2ccc(C(=O)O)cc2)c(=O)c2ccc(Br)cc12. The number of rotatable bonds is 4. The van der Waals surface area contributed by atoms with Crippen molar-refractivity contribution in [3.8, 4) is 0 Å². The topological polar surface area (TPSA) is 76.4 Å². The second kappa shape index (κ2) is 6.41. The molecule has 0 unspecified atom stereocenters. The summed E-state index contributed by atoms with van der Waals surface area (Å²) in [7, 11) is 0. The van der Waals surface area contributed by atoms with Crippen LogP contribution in [0.2, 0.25) is 0 Å². The molecule has 0 amide bonds. The number of aromatic nitrogens is 1. The zero-order valence-electron chi connectivity index (χ0n) is 12.4. The zero-order valence-corrected chi connectivity index (χ0v) is 14.0. The van der Waals surface area contributed by atoms with Crippen molar-refractivity contribution >= 4 is 39.0 Å². The summed E-state index contributed by atoms with van der Waals surface area (Å²) in [6, 6.07) is 11.5. The molecule has 3 aromatic rings. The summed E-state index contributed by atoms with van der Waals surface area (Å²) in [6.45, 7) is 0.256. The molecule has 0 saturated carbocycles. The fraction of sp³-hybridized carbons (Fsp3) is 0.0556. The number of carboxylic acid groups (broad SMARTS) is 1. The van der Waals surface area contributed by atoms with Gasteiger partial charge in [0.25, 0.3) is 5.56 Å². The van der Waals surface area contributed by atoms with E-state index < -0.39 is 5.97 Å². The van der Waals surface area contributed by atoms with Crippen LogP contribution >= 0.6 is 15.9 Å². The van der Waals surface area contributed by atoms with Crippen molar-refractivity contribution in [1.29, 1.82) is 0 Å². The van der Waals surface area contributed by atoms with Crippen LogP contribution in [0.25, 0.3) is 10.8 Å². The van der Waals surface area contributed by atoms with Crippen molar-refractivity contribution in [1.82, 2.24) is 4.57 Å². The molecule has 0 aliphatic heterocycles. The molecule has 1 heterocycles. The average Bonchev–Trinajstić information content (AvgIpc) is 2.57. The van der Waals surface area contributed by atoms with Gasteiger partial charge >= 0.3 is 5.97 Å². The normalized spacial score (nSPS) is 10.7. The number of benzene rings is 2. The van der Waals surface area contributed by atoms with Crippen molar-refractivity contribution in [3.05, 3.63) is 80.2 Å². The van der Waals surface area contributed by atoms with Crippen LogP contribution in [0.3, 0.4) is 0 Å². The van der Waals surface area contributed by atoms with Gasteiger partial charge in [0.05, 0.1) is 12.1 Å². The molecule has 0 aliphatic carbocycles. The van der Waals surface area contributed by atoms with Crippen LogP contribution in [0.4, 0.5) is 0 Å². The number of aromatic carboxylic acids is 1. The maximum absolute atomic E-state index is 12.6. The van der Waals surface area contributed by atoms with Gasteiger partial charge in [0, 0.05) is 27.0 Å². The largest absolute Gasteiger partial charge is 0.478 e. The van der Waals surface area contributed by atoms with E-state index >= 15 is 0 Å². The third-order valence-corrected chi connectivity index (χ3v) is 4.25. The van der Waals surface area contributed by atoms with Crippen LogP contribution in [-0.4, -0.2) is 21.9 Å². The summed E-state index contributed by atoms with van der Waals surface area (Å²) in [5, 5.41) is 9.98. The molecule has 2 aromatic carbocycles. The van der Waals surface area contributed by atoms with E-state index in [1.165, 1.54) is 22.9 Å². The molecule has 1 N–H and O–H groups in total. The van der Waals surface area contributed by atoms with Crippen LogP contribution in [0, 0.1) is 0 Å². The average molecular weight is 386 g/mol. The van der Waals surface area contributed by atoms with Gasteiger partial charge in [0.15, 0.2) is 6.29 Å². The van der Waals surface area contributed by atoms with E-state index in [0.29, 0.717) is 16.3 Å². The maximum Gasteiger partial charge on any atom is 0.335 e. The summed E-state index contributed by atoms with van der Waals surface area (Å²) >= 11 is 3.34. The number of halogens is 1. The Morgan fingerprint density at radius 3 is 2.46 bits per heavy atom. The molecule has 24 heavy (non-hydrogen) atoms. The highest BCUT2D eigenvalue weighted by Crippen LogP contribution is 2.20. The third kappa shape index (κ3) is 3.00. The Bertz CT molecular complexity index is 1010. The molecular weight excluding hydrogens is 374 g/mol. The van der Waals surface area contributed by atoms with Gasteiger partial charge in [0.1, 0.15) is 0 Å². The molecule has 5 nitrogen and oxygen atoms in total. The maximum atomic E-state index is 12.6. The Kier molecular flexibility index (Phi) is 4.31. The second-order valence-corrected chi connectivity index (χ2v) is 6.24. The second-order valence-electron chi connectivity index (χ2n) is 5.33. The van der Waals surface area contributed by atoms with E-state index in [-0.39, 0.29) is 17.7 Å². The highest BCUT2D eigenvalue weighted by atomic mass is 79.9. The van der Waals surface area contributed by atoms with Crippen LogP contribution in [-0.2, 0) is 6.54 Å². The van der Waals surface area contributed by atoms with Crippen LogP contribution in [0.15, 0.2) is 57.9 Å². The smallest absolute Gasteiger partial charge is 0.335 e. The van der Waals surface area contributed by atoms with Crippen LogP contribution < -0.4 is 5.56 Å². The molecular formula is C18H12BrNO4. The van der Waals surface area contributed by atoms with Crippen molar-refractivity contribution < 1.29 is 14.7 Å². The number of aldehydes is 1. The van der Waals surface area contributed by atoms with Crippen molar-refractivity contribution in [2.75, 3.05) is 0 Å². The van der Waals surface area contributed by atoms with Crippen molar-refractivity contribution in [2.24, 2.45) is 0 Å². The Morgan fingerprint density at radius 1 is 1.12 bits per heavy atom. The molecule has 0 radical (unpaired) electrons. The zero-order chi connectivity index (χ0) is 17.3. The summed E-state index contributed by atoms with van der Waals surface area (Å²) < 4.78 is 2.25. The van der Waals surface area contributed by atoms with Crippen molar-refractivity contribution in [2.45, 2.75) is 6.54 Å². The summed E-state index contributed by atoms with van der Waals surface area (Å²) in [5.41, 5.74) is 1.18. The number of carboxylic acids is 1. The molecule has 1 aromatic heterocycles. The molecule has 0 saturated heterocycles. The predicted molar refractivity (Wildman–Crippen MR) is 93.8 cm³/mol. The minimum atomic E-state index is -1.00. The van der Waals surface area contributed by atoms with Gasteiger partial charge in [-0.2, -0.15) is 0 Å². The number of carbonyl (C=O) groups is 2. The fourth-order valence-electron chi connectivity index (χ4n) is 2.55. The monoisotopic (exact) mass is 385 g/mol. The molecule has 0 atom stereocenters. The quantitative estimate of drug-likeness (QED) is 0.698. The minimum Gasteiger partial charge on any atom is -0.478 e. The highest BCUT2D eigenvalue weighted by molar-refractivity contribution is 9.10. The van der Waals surface area contributed by atoms with E-state index in [9.17, 15) is 14.4 Å². The first-order valence-electron chi connectivity index (χ1n) is 7.09. The minimum absolute atomic E-state index is 0.183. The van der Waals surface area contributed by atoms with Gasteiger partial charge in [-0.1, -0.05) is 28.1 Å². The van der Waals surface area contributed by atoms with Gasteiger partial charge < -0.3 is 9.67 Å². The number of hydrogen-bond donors (Lipinski definition) is 1. The standard InChI is InChI=1S/C18H12BrNO4/c19-14-5-6-15-16(7-14)13(10-21)9-20(17(15)22)8-11-1-3-12(4-2-11)18(23)24/h1-7,9-10H,8H2,(H,23,24). The molecule has 3 rings (SSSR count). The first-order valence-corrected chi connectivity index (χ1v) is 7.89. The van der Waals surface area contributed by atoms with Gasteiger partial charge in [-0.05, 0) is 35.9 Å². The van der Waals surface area contributed by atoms with Crippen LogP contribution in [0.1, 0.15) is 26.3 Å². The van der Waals surface area contributed by atoms with Gasteiger partial charge in [0.2, 0.25) is 0 Å². The van der Waals surface area contributed by atoms with E-state index in [0.717, 1.165) is 16.3 Å². The molecule has 0 bridgehead atoms. The highest BCUT2D eigenvalue weighted by Gasteiger charge is 2.10. The Labute approximate surface area is 145 Å². The number of hydrogen-bond acceptors (Lipinski definition) is 3. The first-order chi connectivity index (χ1) is 11.5. The number of carbonyl (C=O) groups excluding carboxylic acids is 1. The lowest BCUT2D eigenvalue weighted by Gasteiger charge is -2.10. The van der Waals surface area contributed by atoms with E-state index in [4.69, 9.17) is 5.11 Å². The van der Waals surface area contributed by atoms with Crippen LogP contribution in [0.5, 0.6) is 0 Å². The number of fused-ring (bicyclic) bond motifs is 1. The Morgan fingerprint density at radius 2 is 1.83 bits per heavy atom. The molecule has 0 spiro atoms. The summed E-state index contributed by atoms with van der Waals surface area (Å²) in [4.78, 5) is 34.9. The molecule has 120 valence electrons. The molecule has 0 fully saturated rings. The third-order valence-electron chi connectivity index (χ3n) is 3.76. The Hall–Kier alpha value is -2.73. The summed E-state index contributed by atoms with van der Waals surface area (Å²) in [5.74, 6) is -1.00.